The number of alkyl halides is 3. The quantitative estimate of drug-likeness (QED) is 0.583. The van der Waals surface area contributed by atoms with Crippen molar-refractivity contribution in [1.29, 1.82) is 0 Å². The highest BCUT2D eigenvalue weighted by Crippen LogP contribution is 2.36. The van der Waals surface area contributed by atoms with Crippen molar-refractivity contribution in [3.8, 4) is 11.5 Å². The van der Waals surface area contributed by atoms with Gasteiger partial charge in [-0.2, -0.15) is 13.2 Å². The number of carbonyl (C=O) groups excluding carboxylic acids is 1. The molecule has 4 nitrogen and oxygen atoms in total. The summed E-state index contributed by atoms with van der Waals surface area (Å²) in [6.45, 7) is 2.54. The largest absolute Gasteiger partial charge is 0.493 e. The van der Waals surface area contributed by atoms with Crippen molar-refractivity contribution in [2.75, 3.05) is 19.0 Å². The molecule has 1 N–H and O–H groups in total. The van der Waals surface area contributed by atoms with Crippen LogP contribution in [0.1, 0.15) is 24.5 Å². The van der Waals surface area contributed by atoms with Gasteiger partial charge in [-0.3, -0.25) is 4.79 Å². The molecule has 150 valence electrons. The number of hydrogen-bond acceptors (Lipinski definition) is 3. The SMILES string of the molecule is CCCOc1ccc(C=CC(=O)Nc2ccc(Cl)c(C(F)(F)F)c2)cc1OC. The van der Waals surface area contributed by atoms with Crippen LogP contribution in [0.4, 0.5) is 18.9 Å². The van der Waals surface area contributed by atoms with Gasteiger partial charge in [-0.15, -0.1) is 0 Å². The molecule has 0 spiro atoms. The van der Waals surface area contributed by atoms with E-state index in [0.29, 0.717) is 23.7 Å². The molecule has 0 radical (unpaired) electrons. The predicted octanol–water partition coefficient (Wildman–Crippen LogP) is 5.81. The molecule has 0 bridgehead atoms. The Kier molecular flexibility index (Phi) is 7.34. The van der Waals surface area contributed by atoms with Gasteiger partial charge in [0.15, 0.2) is 11.5 Å². The highest BCUT2D eigenvalue weighted by atomic mass is 35.5. The van der Waals surface area contributed by atoms with Crippen molar-refractivity contribution in [1.82, 2.24) is 0 Å². The second kappa shape index (κ2) is 9.50. The number of anilines is 1. The van der Waals surface area contributed by atoms with Gasteiger partial charge in [0.05, 0.1) is 24.3 Å². The van der Waals surface area contributed by atoms with E-state index < -0.39 is 22.7 Å². The summed E-state index contributed by atoms with van der Waals surface area (Å²) in [5.41, 5.74) is -0.349. The number of carbonyl (C=O) groups is 1. The number of methoxy groups -OCH3 is 1. The molecule has 0 unspecified atom stereocenters. The van der Waals surface area contributed by atoms with E-state index in [1.54, 1.807) is 18.2 Å². The molecule has 2 aromatic rings. The number of ether oxygens (including phenoxy) is 2. The molecule has 0 heterocycles. The molecular weight excluding hydrogens is 395 g/mol. The topological polar surface area (TPSA) is 47.6 Å². The first-order chi connectivity index (χ1) is 13.2. The molecule has 28 heavy (non-hydrogen) atoms. The Morgan fingerprint density at radius 1 is 1.18 bits per heavy atom. The summed E-state index contributed by atoms with van der Waals surface area (Å²) in [5.74, 6) is 0.524. The number of nitrogens with one attached hydrogen (secondary N) is 1. The number of rotatable bonds is 7. The summed E-state index contributed by atoms with van der Waals surface area (Å²) >= 11 is 5.56. The Bertz CT molecular complexity index is 866. The Morgan fingerprint density at radius 3 is 2.57 bits per heavy atom. The number of amides is 1. The molecule has 2 rings (SSSR count). The zero-order valence-corrected chi connectivity index (χ0v) is 16.0. The number of halogens is 4. The van der Waals surface area contributed by atoms with Crippen molar-refractivity contribution in [2.45, 2.75) is 19.5 Å². The Labute approximate surface area is 165 Å². The average Bonchev–Trinajstić information content (AvgIpc) is 2.65. The van der Waals surface area contributed by atoms with E-state index in [1.165, 1.54) is 25.3 Å². The fourth-order valence-electron chi connectivity index (χ4n) is 2.30. The van der Waals surface area contributed by atoms with Gasteiger partial charge in [0.25, 0.3) is 0 Å². The third kappa shape index (κ3) is 5.92. The molecule has 0 aromatic heterocycles. The smallest absolute Gasteiger partial charge is 0.417 e. The van der Waals surface area contributed by atoms with Crippen LogP contribution < -0.4 is 14.8 Å². The Balaban J connectivity index is 2.10. The first kappa shape index (κ1) is 21.6. The van der Waals surface area contributed by atoms with E-state index >= 15 is 0 Å². The van der Waals surface area contributed by atoms with Gasteiger partial charge in [-0.1, -0.05) is 24.6 Å². The lowest BCUT2D eigenvalue weighted by molar-refractivity contribution is -0.137. The number of benzene rings is 2. The minimum absolute atomic E-state index is 0.00716. The lowest BCUT2D eigenvalue weighted by Gasteiger charge is -2.11. The summed E-state index contributed by atoms with van der Waals surface area (Å²) in [4.78, 5) is 12.0. The fourth-order valence-corrected chi connectivity index (χ4v) is 2.52. The molecule has 8 heteroatoms. The number of hydrogen-bond donors (Lipinski definition) is 1. The summed E-state index contributed by atoms with van der Waals surface area (Å²) in [6, 6.07) is 8.33. The van der Waals surface area contributed by atoms with Crippen LogP contribution in [-0.4, -0.2) is 19.6 Å². The van der Waals surface area contributed by atoms with Crippen molar-refractivity contribution < 1.29 is 27.4 Å². The van der Waals surface area contributed by atoms with Crippen molar-refractivity contribution in [2.24, 2.45) is 0 Å². The van der Waals surface area contributed by atoms with Crippen LogP contribution in [0.15, 0.2) is 42.5 Å². The highest BCUT2D eigenvalue weighted by molar-refractivity contribution is 6.31. The molecule has 0 fully saturated rings. The van der Waals surface area contributed by atoms with Gasteiger partial charge in [-0.25, -0.2) is 0 Å². The molecule has 0 aliphatic rings. The minimum Gasteiger partial charge on any atom is -0.493 e. The van der Waals surface area contributed by atoms with E-state index in [0.717, 1.165) is 18.6 Å². The average molecular weight is 414 g/mol. The molecule has 0 aliphatic carbocycles. The Morgan fingerprint density at radius 2 is 1.93 bits per heavy atom. The van der Waals surface area contributed by atoms with Crippen molar-refractivity contribution >= 4 is 29.3 Å². The molecular formula is C20H19ClF3NO3. The van der Waals surface area contributed by atoms with Crippen LogP contribution >= 0.6 is 11.6 Å². The molecule has 2 aromatic carbocycles. The summed E-state index contributed by atoms with van der Waals surface area (Å²) in [6.07, 6.45) is -1.03. The van der Waals surface area contributed by atoms with Crippen LogP contribution in [0.2, 0.25) is 5.02 Å². The monoisotopic (exact) mass is 413 g/mol. The van der Waals surface area contributed by atoms with Crippen LogP contribution in [0.3, 0.4) is 0 Å². The van der Waals surface area contributed by atoms with Gasteiger partial charge in [0.2, 0.25) is 5.91 Å². The Hall–Kier alpha value is -2.67. The van der Waals surface area contributed by atoms with Crippen LogP contribution in [0, 0.1) is 0 Å². The van der Waals surface area contributed by atoms with E-state index in [9.17, 15) is 18.0 Å². The van der Waals surface area contributed by atoms with Crippen molar-refractivity contribution in [3.63, 3.8) is 0 Å². The van der Waals surface area contributed by atoms with Gasteiger partial charge < -0.3 is 14.8 Å². The third-order valence-electron chi connectivity index (χ3n) is 3.62. The van der Waals surface area contributed by atoms with E-state index in [-0.39, 0.29) is 5.69 Å². The summed E-state index contributed by atoms with van der Waals surface area (Å²) in [5, 5.41) is 1.95. The lowest BCUT2D eigenvalue weighted by atomic mass is 10.1. The summed E-state index contributed by atoms with van der Waals surface area (Å²) < 4.78 is 49.5. The van der Waals surface area contributed by atoms with Gasteiger partial charge in [0, 0.05) is 11.8 Å². The summed E-state index contributed by atoms with van der Waals surface area (Å²) in [7, 11) is 1.51. The van der Waals surface area contributed by atoms with E-state index in [1.807, 2.05) is 6.92 Å². The minimum atomic E-state index is -4.61. The molecule has 1 amide bonds. The van der Waals surface area contributed by atoms with Crippen LogP contribution in [0.25, 0.3) is 6.08 Å². The standard InChI is InChI=1S/C20H19ClF3NO3/c1-3-10-28-17-8-4-13(11-18(17)27-2)5-9-19(26)25-14-6-7-16(21)15(12-14)20(22,23)24/h4-9,11-12H,3,10H2,1-2H3,(H,25,26). The van der Waals surface area contributed by atoms with Crippen molar-refractivity contribution in [3.05, 3.63) is 58.6 Å². The van der Waals surface area contributed by atoms with E-state index in [4.69, 9.17) is 21.1 Å². The van der Waals surface area contributed by atoms with Gasteiger partial charge >= 0.3 is 6.18 Å². The maximum Gasteiger partial charge on any atom is 0.417 e. The third-order valence-corrected chi connectivity index (χ3v) is 3.95. The zero-order valence-electron chi connectivity index (χ0n) is 15.3. The second-order valence-corrected chi connectivity index (χ2v) is 6.18. The molecule has 0 atom stereocenters. The lowest BCUT2D eigenvalue weighted by Crippen LogP contribution is -2.11. The van der Waals surface area contributed by atoms with E-state index in [2.05, 4.69) is 5.32 Å². The molecule has 0 saturated carbocycles. The van der Waals surface area contributed by atoms with Crippen LogP contribution in [0.5, 0.6) is 11.5 Å². The van der Waals surface area contributed by atoms with Gasteiger partial charge in [0.1, 0.15) is 0 Å². The second-order valence-electron chi connectivity index (χ2n) is 5.77. The van der Waals surface area contributed by atoms with Crippen LogP contribution in [-0.2, 0) is 11.0 Å². The highest BCUT2D eigenvalue weighted by Gasteiger charge is 2.33. The first-order valence-electron chi connectivity index (χ1n) is 8.41. The normalized spacial score (nSPS) is 11.5. The van der Waals surface area contributed by atoms with Gasteiger partial charge in [-0.05, 0) is 48.4 Å². The zero-order chi connectivity index (χ0) is 20.7. The molecule has 0 aliphatic heterocycles. The maximum atomic E-state index is 12.9. The fraction of sp³-hybridized carbons (Fsp3) is 0.250. The first-order valence-corrected chi connectivity index (χ1v) is 8.79. The maximum absolute atomic E-state index is 12.9. The predicted molar refractivity (Wildman–Crippen MR) is 103 cm³/mol. The molecule has 0 saturated heterocycles.